The Kier molecular flexibility index (Phi) is 8.27. The quantitative estimate of drug-likeness (QED) is 0.420. The molecule has 3 heteroatoms. The maximum absolute atomic E-state index is 6.08. The van der Waals surface area contributed by atoms with Crippen LogP contribution in [0.15, 0.2) is 84.9 Å². The molecule has 1 aliphatic heterocycles. The third kappa shape index (κ3) is 6.64. The first-order valence-corrected chi connectivity index (χ1v) is 11.7. The predicted molar refractivity (Wildman–Crippen MR) is 135 cm³/mol. The van der Waals surface area contributed by atoms with Gasteiger partial charge in [-0.25, -0.2) is 0 Å². The van der Waals surface area contributed by atoms with Crippen LogP contribution >= 0.6 is 0 Å². The summed E-state index contributed by atoms with van der Waals surface area (Å²) in [7, 11) is 0. The van der Waals surface area contributed by atoms with Gasteiger partial charge in [0.25, 0.3) is 0 Å². The van der Waals surface area contributed by atoms with Crippen LogP contribution in [0.4, 0.5) is 0 Å². The van der Waals surface area contributed by atoms with Crippen LogP contribution in [0.5, 0.6) is 0 Å². The molecule has 3 aromatic carbocycles. The first-order chi connectivity index (χ1) is 15.8. The Morgan fingerprint density at radius 2 is 1.47 bits per heavy atom. The van der Waals surface area contributed by atoms with E-state index in [4.69, 9.17) is 4.74 Å². The fourth-order valence-corrected chi connectivity index (χ4v) is 4.13. The zero-order valence-electron chi connectivity index (χ0n) is 19.1. The van der Waals surface area contributed by atoms with Gasteiger partial charge < -0.3 is 4.74 Å². The molecule has 0 unspecified atom stereocenters. The smallest absolute Gasteiger partial charge is 0.0723 e. The van der Waals surface area contributed by atoms with Crippen LogP contribution < -0.4 is 0 Å². The number of nitrogens with zero attached hydrogens (tertiary/aromatic N) is 2. The van der Waals surface area contributed by atoms with E-state index in [1.807, 2.05) is 0 Å². The second-order valence-corrected chi connectivity index (χ2v) is 8.53. The molecule has 0 bridgehead atoms. The molecule has 1 saturated heterocycles. The van der Waals surface area contributed by atoms with Crippen molar-refractivity contribution in [3.63, 3.8) is 0 Å². The number of benzene rings is 3. The Balaban J connectivity index is 1.17. The highest BCUT2D eigenvalue weighted by Crippen LogP contribution is 2.24. The number of piperazine rings is 1. The maximum atomic E-state index is 6.08. The van der Waals surface area contributed by atoms with Crippen molar-refractivity contribution in [3.8, 4) is 11.1 Å². The Bertz CT molecular complexity index is 974. The summed E-state index contributed by atoms with van der Waals surface area (Å²) >= 11 is 0. The van der Waals surface area contributed by atoms with Gasteiger partial charge in [0.15, 0.2) is 0 Å². The molecular formula is C29H34N2O. The summed E-state index contributed by atoms with van der Waals surface area (Å²) in [6, 6.07) is 27.8. The van der Waals surface area contributed by atoms with Gasteiger partial charge in [-0.1, -0.05) is 96.6 Å². The van der Waals surface area contributed by atoms with Gasteiger partial charge in [0.05, 0.1) is 13.2 Å². The molecule has 32 heavy (non-hydrogen) atoms. The molecule has 166 valence electrons. The van der Waals surface area contributed by atoms with Crippen molar-refractivity contribution in [1.29, 1.82) is 0 Å². The lowest BCUT2D eigenvalue weighted by Crippen LogP contribution is -2.47. The van der Waals surface area contributed by atoms with E-state index in [1.165, 1.54) is 27.8 Å². The fraction of sp³-hybridized carbons (Fsp3) is 0.310. The summed E-state index contributed by atoms with van der Waals surface area (Å²) in [5.41, 5.74) is 6.34. The minimum absolute atomic E-state index is 0.661. The molecule has 0 aromatic heterocycles. The van der Waals surface area contributed by atoms with Gasteiger partial charge in [-0.2, -0.15) is 0 Å². The Labute approximate surface area is 192 Å². The zero-order valence-corrected chi connectivity index (χ0v) is 19.1. The molecule has 0 radical (unpaired) electrons. The lowest BCUT2D eigenvalue weighted by atomic mass is 9.99. The van der Waals surface area contributed by atoms with Crippen LogP contribution in [-0.4, -0.2) is 55.7 Å². The highest BCUT2D eigenvalue weighted by atomic mass is 16.5. The standard InChI is InChI=1S/C29H34N2O/c1-25-13-15-27(16-14-25)29-12-6-5-11-28(29)24-32-23-22-31-20-18-30(19-21-31)17-7-10-26-8-3-2-4-9-26/h2-16H,17-24H2,1H3. The molecule has 4 rings (SSSR count). The summed E-state index contributed by atoms with van der Waals surface area (Å²) in [6.07, 6.45) is 4.49. The Morgan fingerprint density at radius 3 is 2.25 bits per heavy atom. The molecule has 0 aliphatic carbocycles. The Hall–Kier alpha value is -2.72. The number of ether oxygens (including phenoxy) is 1. The van der Waals surface area contributed by atoms with E-state index in [0.717, 1.165) is 45.9 Å². The van der Waals surface area contributed by atoms with Gasteiger partial charge in [0, 0.05) is 39.3 Å². The fourth-order valence-electron chi connectivity index (χ4n) is 4.13. The average molecular weight is 427 g/mol. The molecule has 3 aromatic rings. The summed E-state index contributed by atoms with van der Waals surface area (Å²) in [4.78, 5) is 5.04. The maximum Gasteiger partial charge on any atom is 0.0723 e. The number of hydrogen-bond donors (Lipinski definition) is 0. The van der Waals surface area contributed by atoms with Gasteiger partial charge in [-0.05, 0) is 29.2 Å². The molecule has 0 amide bonds. The van der Waals surface area contributed by atoms with Crippen LogP contribution in [0.1, 0.15) is 16.7 Å². The molecule has 1 fully saturated rings. The van der Waals surface area contributed by atoms with Gasteiger partial charge in [-0.3, -0.25) is 9.80 Å². The van der Waals surface area contributed by atoms with Crippen molar-refractivity contribution in [2.45, 2.75) is 13.5 Å². The van der Waals surface area contributed by atoms with E-state index >= 15 is 0 Å². The van der Waals surface area contributed by atoms with Gasteiger partial charge in [-0.15, -0.1) is 0 Å². The lowest BCUT2D eigenvalue weighted by molar-refractivity contribution is 0.0712. The molecule has 1 aliphatic rings. The molecular weight excluding hydrogens is 392 g/mol. The highest BCUT2D eigenvalue weighted by molar-refractivity contribution is 5.67. The van der Waals surface area contributed by atoms with Crippen molar-refractivity contribution in [2.24, 2.45) is 0 Å². The van der Waals surface area contributed by atoms with Gasteiger partial charge >= 0.3 is 0 Å². The summed E-state index contributed by atoms with van der Waals surface area (Å²) < 4.78 is 6.08. The van der Waals surface area contributed by atoms with Crippen LogP contribution in [0.25, 0.3) is 17.2 Å². The van der Waals surface area contributed by atoms with Crippen LogP contribution in [0, 0.1) is 6.92 Å². The zero-order chi connectivity index (χ0) is 22.0. The monoisotopic (exact) mass is 426 g/mol. The van der Waals surface area contributed by atoms with Crippen molar-refractivity contribution in [1.82, 2.24) is 9.80 Å². The van der Waals surface area contributed by atoms with E-state index in [9.17, 15) is 0 Å². The molecule has 0 saturated carbocycles. The SMILES string of the molecule is Cc1ccc(-c2ccccc2COCCN2CCN(CC=Cc3ccccc3)CC2)cc1. The number of aryl methyl sites for hydroxylation is 1. The minimum atomic E-state index is 0.661. The van der Waals surface area contributed by atoms with Crippen molar-refractivity contribution in [2.75, 3.05) is 45.9 Å². The van der Waals surface area contributed by atoms with E-state index in [2.05, 4.69) is 108 Å². The van der Waals surface area contributed by atoms with Crippen molar-refractivity contribution < 1.29 is 4.74 Å². The second-order valence-electron chi connectivity index (χ2n) is 8.53. The van der Waals surface area contributed by atoms with E-state index in [-0.39, 0.29) is 0 Å². The van der Waals surface area contributed by atoms with Crippen LogP contribution in [0.2, 0.25) is 0 Å². The predicted octanol–water partition coefficient (Wildman–Crippen LogP) is 5.51. The molecule has 1 heterocycles. The highest BCUT2D eigenvalue weighted by Gasteiger charge is 2.15. The Morgan fingerprint density at radius 1 is 0.781 bits per heavy atom. The van der Waals surface area contributed by atoms with Crippen LogP contribution in [-0.2, 0) is 11.3 Å². The largest absolute Gasteiger partial charge is 0.375 e. The third-order valence-electron chi connectivity index (χ3n) is 6.13. The summed E-state index contributed by atoms with van der Waals surface area (Å²) in [5.74, 6) is 0. The minimum Gasteiger partial charge on any atom is -0.375 e. The summed E-state index contributed by atoms with van der Waals surface area (Å²) in [5, 5.41) is 0. The molecule has 3 nitrogen and oxygen atoms in total. The molecule has 0 N–H and O–H groups in total. The average Bonchev–Trinajstić information content (AvgIpc) is 2.84. The molecule has 0 spiro atoms. The van der Waals surface area contributed by atoms with E-state index in [1.54, 1.807) is 0 Å². The lowest BCUT2D eigenvalue weighted by Gasteiger charge is -2.34. The second kappa shape index (κ2) is 11.8. The number of hydrogen-bond acceptors (Lipinski definition) is 3. The van der Waals surface area contributed by atoms with Gasteiger partial charge in [0.2, 0.25) is 0 Å². The van der Waals surface area contributed by atoms with Gasteiger partial charge in [0.1, 0.15) is 0 Å². The summed E-state index contributed by atoms with van der Waals surface area (Å²) in [6.45, 7) is 10.1. The van der Waals surface area contributed by atoms with E-state index in [0.29, 0.717) is 6.61 Å². The first-order valence-electron chi connectivity index (χ1n) is 11.7. The first kappa shape index (κ1) is 22.5. The topological polar surface area (TPSA) is 15.7 Å². The number of rotatable bonds is 9. The van der Waals surface area contributed by atoms with Crippen LogP contribution in [0.3, 0.4) is 0 Å². The van der Waals surface area contributed by atoms with E-state index < -0.39 is 0 Å². The van der Waals surface area contributed by atoms with Crippen molar-refractivity contribution >= 4 is 6.08 Å². The third-order valence-corrected chi connectivity index (χ3v) is 6.13. The van der Waals surface area contributed by atoms with Crippen molar-refractivity contribution in [3.05, 3.63) is 102 Å². The molecule has 0 atom stereocenters. The normalized spacial score (nSPS) is 15.4.